The van der Waals surface area contributed by atoms with Gasteiger partial charge in [0.05, 0.1) is 17.9 Å². The van der Waals surface area contributed by atoms with Crippen molar-refractivity contribution in [2.45, 2.75) is 45.8 Å². The van der Waals surface area contributed by atoms with Crippen LogP contribution in [0.2, 0.25) is 0 Å². The third kappa shape index (κ3) is 6.05. The predicted octanol–water partition coefficient (Wildman–Crippen LogP) is 1.15. The first-order valence-corrected chi connectivity index (χ1v) is 11.0. The summed E-state index contributed by atoms with van der Waals surface area (Å²) in [5.41, 5.74) is 1.31. The van der Waals surface area contributed by atoms with Crippen LogP contribution in [-0.4, -0.2) is 61.3 Å². The number of ether oxygens (including phenoxy) is 1. The number of carbonyl (C=O) groups is 3. The van der Waals surface area contributed by atoms with Gasteiger partial charge in [0.15, 0.2) is 15.9 Å². The van der Waals surface area contributed by atoms with Crippen molar-refractivity contribution in [3.8, 4) is 0 Å². The third-order valence-corrected chi connectivity index (χ3v) is 6.30. The molecule has 2 rings (SSSR count). The molecule has 154 valence electrons. The fraction of sp³-hybridized carbons (Fsp3) is 0.526. The normalized spacial score (nSPS) is 18.9. The molecule has 28 heavy (non-hydrogen) atoms. The lowest BCUT2D eigenvalue weighted by Gasteiger charge is -2.29. The molecule has 8 nitrogen and oxygen atoms in total. The van der Waals surface area contributed by atoms with E-state index in [9.17, 15) is 22.8 Å². The number of nitrogens with zero attached hydrogens (tertiary/aromatic N) is 1. The Hall–Kier alpha value is -2.42. The molecule has 2 atom stereocenters. The topological polar surface area (TPSA) is 110 Å². The Bertz CT molecular complexity index is 834. The number of likely N-dealkylation sites (N-methyl/N-ethyl adjacent to an activating group) is 1. The van der Waals surface area contributed by atoms with E-state index in [1.165, 1.54) is 18.7 Å². The SMILES string of the molecule is CCN(C(=O)[C@H](C)OC(=O)Cc1ccc(NC(C)=O)cc1)[C@H]1CCS(=O)(=O)C1. The van der Waals surface area contributed by atoms with Crippen LogP contribution in [0.25, 0.3) is 0 Å². The summed E-state index contributed by atoms with van der Waals surface area (Å²) in [5.74, 6) is -1.10. The van der Waals surface area contributed by atoms with Crippen molar-refractivity contribution in [3.63, 3.8) is 0 Å². The van der Waals surface area contributed by atoms with E-state index in [0.29, 0.717) is 24.2 Å². The van der Waals surface area contributed by atoms with Crippen molar-refractivity contribution in [2.75, 3.05) is 23.4 Å². The zero-order valence-electron chi connectivity index (χ0n) is 16.3. The molecule has 0 unspecified atom stereocenters. The van der Waals surface area contributed by atoms with Crippen LogP contribution in [-0.2, 0) is 35.4 Å². The van der Waals surface area contributed by atoms with Crippen LogP contribution < -0.4 is 5.32 Å². The fourth-order valence-corrected chi connectivity index (χ4v) is 4.94. The summed E-state index contributed by atoms with van der Waals surface area (Å²) in [6.07, 6.45) is -0.597. The van der Waals surface area contributed by atoms with Gasteiger partial charge in [-0.25, -0.2) is 8.42 Å². The van der Waals surface area contributed by atoms with E-state index in [2.05, 4.69) is 5.32 Å². The Morgan fingerprint density at radius 1 is 1.25 bits per heavy atom. The van der Waals surface area contributed by atoms with Gasteiger partial charge in [-0.15, -0.1) is 0 Å². The van der Waals surface area contributed by atoms with Gasteiger partial charge in [0, 0.05) is 25.2 Å². The second-order valence-electron chi connectivity index (χ2n) is 6.87. The molecule has 1 aliphatic rings. The molecule has 1 aromatic rings. The quantitative estimate of drug-likeness (QED) is 0.676. The van der Waals surface area contributed by atoms with Gasteiger partial charge in [0.1, 0.15) is 0 Å². The van der Waals surface area contributed by atoms with Gasteiger partial charge in [-0.3, -0.25) is 14.4 Å². The Morgan fingerprint density at radius 2 is 1.89 bits per heavy atom. The lowest BCUT2D eigenvalue weighted by Crippen LogP contribution is -2.46. The highest BCUT2D eigenvalue weighted by molar-refractivity contribution is 7.91. The highest BCUT2D eigenvalue weighted by Crippen LogP contribution is 2.19. The van der Waals surface area contributed by atoms with E-state index < -0.39 is 21.9 Å². The molecule has 9 heteroatoms. The number of benzene rings is 1. The number of carbonyl (C=O) groups excluding carboxylic acids is 3. The summed E-state index contributed by atoms with van der Waals surface area (Å²) < 4.78 is 28.6. The van der Waals surface area contributed by atoms with E-state index in [-0.39, 0.29) is 35.8 Å². The lowest BCUT2D eigenvalue weighted by molar-refractivity contribution is -0.159. The minimum absolute atomic E-state index is 0.0120. The molecule has 1 fully saturated rings. The molecular formula is C19H26N2O6S. The summed E-state index contributed by atoms with van der Waals surface area (Å²) in [4.78, 5) is 37.3. The van der Waals surface area contributed by atoms with Gasteiger partial charge in [-0.1, -0.05) is 12.1 Å². The summed E-state index contributed by atoms with van der Waals surface area (Å²) in [7, 11) is -3.11. The first-order chi connectivity index (χ1) is 13.1. The number of amides is 2. The van der Waals surface area contributed by atoms with Crippen LogP contribution in [0, 0.1) is 0 Å². The molecule has 0 aromatic heterocycles. The predicted molar refractivity (Wildman–Crippen MR) is 104 cm³/mol. The molecule has 1 aromatic carbocycles. The summed E-state index contributed by atoms with van der Waals surface area (Å²) in [6, 6.07) is 6.38. The molecule has 0 aliphatic carbocycles. The van der Waals surface area contributed by atoms with Crippen LogP contribution in [0.3, 0.4) is 0 Å². The van der Waals surface area contributed by atoms with Crippen LogP contribution in [0.4, 0.5) is 5.69 Å². The minimum atomic E-state index is -3.11. The molecule has 0 radical (unpaired) electrons. The van der Waals surface area contributed by atoms with E-state index in [1.54, 1.807) is 31.2 Å². The molecule has 1 aliphatic heterocycles. The smallest absolute Gasteiger partial charge is 0.311 e. The monoisotopic (exact) mass is 410 g/mol. The molecule has 0 spiro atoms. The van der Waals surface area contributed by atoms with Crippen molar-refractivity contribution in [1.82, 2.24) is 4.90 Å². The maximum Gasteiger partial charge on any atom is 0.311 e. The van der Waals surface area contributed by atoms with Gasteiger partial charge in [0.2, 0.25) is 5.91 Å². The Balaban J connectivity index is 1.91. The first kappa shape index (κ1) is 21.9. The highest BCUT2D eigenvalue weighted by atomic mass is 32.2. The molecule has 1 heterocycles. The van der Waals surface area contributed by atoms with Gasteiger partial charge in [0.25, 0.3) is 5.91 Å². The number of hydrogen-bond acceptors (Lipinski definition) is 6. The van der Waals surface area contributed by atoms with E-state index >= 15 is 0 Å². The van der Waals surface area contributed by atoms with E-state index in [0.717, 1.165) is 0 Å². The number of esters is 1. The van der Waals surface area contributed by atoms with Crippen molar-refractivity contribution >= 4 is 33.3 Å². The number of anilines is 1. The van der Waals surface area contributed by atoms with Gasteiger partial charge < -0.3 is 15.0 Å². The van der Waals surface area contributed by atoms with Crippen LogP contribution >= 0.6 is 0 Å². The maximum absolute atomic E-state index is 12.6. The fourth-order valence-electron chi connectivity index (χ4n) is 3.21. The summed E-state index contributed by atoms with van der Waals surface area (Å²) >= 11 is 0. The number of rotatable bonds is 7. The van der Waals surface area contributed by atoms with Crippen molar-refractivity contribution in [2.24, 2.45) is 0 Å². The average Bonchev–Trinajstić information content (AvgIpc) is 2.96. The molecule has 2 amide bonds. The molecule has 0 saturated carbocycles. The van der Waals surface area contributed by atoms with Crippen molar-refractivity contribution in [1.29, 1.82) is 0 Å². The Morgan fingerprint density at radius 3 is 2.39 bits per heavy atom. The van der Waals surface area contributed by atoms with Crippen molar-refractivity contribution in [3.05, 3.63) is 29.8 Å². The zero-order chi connectivity index (χ0) is 20.9. The van der Waals surface area contributed by atoms with Gasteiger partial charge in [-0.05, 0) is 38.0 Å². The summed E-state index contributed by atoms with van der Waals surface area (Å²) in [5, 5.41) is 2.64. The third-order valence-electron chi connectivity index (χ3n) is 4.55. The standard InChI is InChI=1S/C19H26N2O6S/c1-4-21(17-9-10-28(25,26)12-17)19(24)13(2)27-18(23)11-15-5-7-16(8-6-15)20-14(3)22/h5-8,13,17H,4,9-12H2,1-3H3,(H,20,22)/t13-,17-/m0/s1. The van der Waals surface area contributed by atoms with Crippen LogP contribution in [0.1, 0.15) is 32.8 Å². The highest BCUT2D eigenvalue weighted by Gasteiger charge is 2.36. The lowest BCUT2D eigenvalue weighted by atomic mass is 10.1. The van der Waals surface area contributed by atoms with Gasteiger partial charge in [-0.2, -0.15) is 0 Å². The summed E-state index contributed by atoms with van der Waals surface area (Å²) in [6.45, 7) is 5.02. The molecule has 1 N–H and O–H groups in total. The number of sulfone groups is 1. The van der Waals surface area contributed by atoms with Crippen LogP contribution in [0.15, 0.2) is 24.3 Å². The minimum Gasteiger partial charge on any atom is -0.452 e. The molecular weight excluding hydrogens is 384 g/mol. The van der Waals surface area contributed by atoms with Crippen LogP contribution in [0.5, 0.6) is 0 Å². The second kappa shape index (κ2) is 9.18. The zero-order valence-corrected chi connectivity index (χ0v) is 17.1. The average molecular weight is 410 g/mol. The number of nitrogens with one attached hydrogen (secondary N) is 1. The van der Waals surface area contributed by atoms with E-state index in [1.807, 2.05) is 0 Å². The van der Waals surface area contributed by atoms with E-state index in [4.69, 9.17) is 4.74 Å². The van der Waals surface area contributed by atoms with Crippen molar-refractivity contribution < 1.29 is 27.5 Å². The Labute approximate surface area is 165 Å². The maximum atomic E-state index is 12.6. The molecule has 0 bridgehead atoms. The second-order valence-corrected chi connectivity index (χ2v) is 9.10. The molecule has 1 saturated heterocycles. The number of hydrogen-bond donors (Lipinski definition) is 1. The van der Waals surface area contributed by atoms with Gasteiger partial charge >= 0.3 is 5.97 Å². The Kier molecular flexibility index (Phi) is 7.17. The largest absolute Gasteiger partial charge is 0.452 e. The first-order valence-electron chi connectivity index (χ1n) is 9.18.